The summed E-state index contributed by atoms with van der Waals surface area (Å²) in [5.74, 6) is 6.81. The van der Waals surface area contributed by atoms with E-state index in [1.165, 1.54) is 50.9 Å². The van der Waals surface area contributed by atoms with Gasteiger partial charge in [0, 0.05) is 31.4 Å². The molecule has 1 aromatic heterocycles. The summed E-state index contributed by atoms with van der Waals surface area (Å²) in [4.78, 5) is 6.63. The van der Waals surface area contributed by atoms with Crippen molar-refractivity contribution in [3.63, 3.8) is 0 Å². The van der Waals surface area contributed by atoms with Crippen LogP contribution in [0.1, 0.15) is 51.6 Å². The Labute approximate surface area is 167 Å². The molecule has 0 unspecified atom stereocenters. The lowest BCUT2D eigenvalue weighted by Crippen LogP contribution is -2.31. The standard InChI is InChI=1S/C16H27N3O.C4H6O4/c1-2-8-18(13-14-6-7-14)10-11-20-16-12-15-5-3-4-9-19(15)17-16;1-2-3-4-6-8-7-5/h12,14H,2-11,13H2,1H3;5H,4H2,1H3. The summed E-state index contributed by atoms with van der Waals surface area (Å²) in [6, 6.07) is 2.13. The largest absolute Gasteiger partial charge is 0.475 e. The average molecular weight is 396 g/mol. The van der Waals surface area contributed by atoms with E-state index in [2.05, 4.69) is 54.5 Å². The van der Waals surface area contributed by atoms with Gasteiger partial charge in [0.15, 0.2) is 0 Å². The average Bonchev–Trinajstić information content (AvgIpc) is 3.42. The topological polar surface area (TPSA) is 78.2 Å². The number of hydrogen-bond acceptors (Lipinski definition) is 7. The fourth-order valence-electron chi connectivity index (χ4n) is 3.16. The van der Waals surface area contributed by atoms with Gasteiger partial charge in [-0.25, -0.2) is 5.26 Å². The van der Waals surface area contributed by atoms with Crippen molar-refractivity contribution in [3.8, 4) is 17.7 Å². The third kappa shape index (κ3) is 9.04. The number of aromatic nitrogens is 2. The molecule has 1 aliphatic heterocycles. The van der Waals surface area contributed by atoms with Crippen LogP contribution in [-0.4, -0.2) is 52.8 Å². The van der Waals surface area contributed by atoms with Crippen molar-refractivity contribution in [2.45, 2.75) is 58.9 Å². The smallest absolute Gasteiger partial charge is 0.233 e. The van der Waals surface area contributed by atoms with Crippen LogP contribution < -0.4 is 4.74 Å². The fourth-order valence-corrected chi connectivity index (χ4v) is 3.16. The molecule has 0 aromatic carbocycles. The Morgan fingerprint density at radius 1 is 1.32 bits per heavy atom. The van der Waals surface area contributed by atoms with Crippen LogP contribution in [0.5, 0.6) is 5.88 Å². The van der Waals surface area contributed by atoms with Crippen molar-refractivity contribution >= 4 is 0 Å². The highest BCUT2D eigenvalue weighted by molar-refractivity contribution is 5.16. The monoisotopic (exact) mass is 395 g/mol. The lowest BCUT2D eigenvalue weighted by molar-refractivity contribution is -0.620. The summed E-state index contributed by atoms with van der Waals surface area (Å²) in [7, 11) is 0. The summed E-state index contributed by atoms with van der Waals surface area (Å²) in [6.07, 6.45) is 7.77. The Hall–Kier alpha value is -1.63. The quantitative estimate of drug-likeness (QED) is 0.267. The molecule has 1 aromatic rings. The molecule has 0 atom stereocenters. The van der Waals surface area contributed by atoms with Crippen LogP contribution in [0.25, 0.3) is 0 Å². The highest BCUT2D eigenvalue weighted by atomic mass is 17.6. The number of nitrogens with zero attached hydrogens (tertiary/aromatic N) is 3. The maximum atomic E-state index is 7.47. The Balaban J connectivity index is 0.000000300. The summed E-state index contributed by atoms with van der Waals surface area (Å²) in [5.41, 5.74) is 1.34. The minimum absolute atomic E-state index is 0.0804. The summed E-state index contributed by atoms with van der Waals surface area (Å²) in [5, 5.41) is 18.7. The molecule has 2 heterocycles. The molecule has 0 saturated heterocycles. The van der Waals surface area contributed by atoms with E-state index in [1.807, 2.05) is 0 Å². The zero-order valence-corrected chi connectivity index (χ0v) is 17.1. The van der Waals surface area contributed by atoms with E-state index in [-0.39, 0.29) is 6.61 Å². The number of aryl methyl sites for hydroxylation is 2. The van der Waals surface area contributed by atoms with Crippen LogP contribution >= 0.6 is 0 Å². The Kier molecular flexibility index (Phi) is 10.9. The normalized spacial score (nSPS) is 15.3. The second kappa shape index (κ2) is 13.5. The summed E-state index contributed by atoms with van der Waals surface area (Å²) in [6.45, 7) is 9.30. The van der Waals surface area contributed by atoms with E-state index in [4.69, 9.17) is 9.99 Å². The molecule has 0 amide bonds. The third-order valence-electron chi connectivity index (χ3n) is 4.69. The van der Waals surface area contributed by atoms with Gasteiger partial charge in [-0.3, -0.25) is 9.58 Å². The van der Waals surface area contributed by atoms with Gasteiger partial charge in [0.2, 0.25) is 5.88 Å². The maximum Gasteiger partial charge on any atom is 0.233 e. The molecule has 1 fully saturated rings. The van der Waals surface area contributed by atoms with E-state index in [1.54, 1.807) is 6.92 Å². The lowest BCUT2D eigenvalue weighted by atomic mass is 10.1. The first-order chi connectivity index (χ1) is 13.8. The second-order valence-corrected chi connectivity index (χ2v) is 7.08. The van der Waals surface area contributed by atoms with Gasteiger partial charge < -0.3 is 4.74 Å². The van der Waals surface area contributed by atoms with E-state index in [0.717, 1.165) is 37.9 Å². The van der Waals surface area contributed by atoms with E-state index in [0.29, 0.717) is 0 Å². The molecule has 28 heavy (non-hydrogen) atoms. The van der Waals surface area contributed by atoms with Gasteiger partial charge >= 0.3 is 0 Å². The van der Waals surface area contributed by atoms with Gasteiger partial charge in [0.05, 0.1) is 0 Å². The summed E-state index contributed by atoms with van der Waals surface area (Å²) < 4.78 is 7.98. The minimum atomic E-state index is 0.0804. The molecule has 8 heteroatoms. The van der Waals surface area contributed by atoms with Crippen LogP contribution in [0.3, 0.4) is 0 Å². The van der Waals surface area contributed by atoms with Crippen molar-refractivity contribution in [2.24, 2.45) is 5.92 Å². The molecular weight excluding hydrogens is 362 g/mol. The van der Waals surface area contributed by atoms with Gasteiger partial charge in [-0.2, -0.15) is 4.89 Å². The van der Waals surface area contributed by atoms with E-state index in [9.17, 15) is 0 Å². The predicted octanol–water partition coefficient (Wildman–Crippen LogP) is 3.08. The Morgan fingerprint density at radius 3 is 2.86 bits per heavy atom. The zero-order chi connectivity index (χ0) is 20.0. The van der Waals surface area contributed by atoms with Crippen molar-refractivity contribution in [1.29, 1.82) is 0 Å². The lowest BCUT2D eigenvalue weighted by Gasteiger charge is -2.21. The SMILES string of the molecule is CC#CCOOOO.CCCN(CCOc1cc2n(n1)CCCC2)CC1CC1. The molecule has 1 aliphatic carbocycles. The number of ether oxygens (including phenoxy) is 1. The number of hydrogen-bond donors (Lipinski definition) is 1. The molecule has 0 bridgehead atoms. The van der Waals surface area contributed by atoms with E-state index >= 15 is 0 Å². The third-order valence-corrected chi connectivity index (χ3v) is 4.69. The molecular formula is C20H33N3O5. The van der Waals surface area contributed by atoms with Crippen molar-refractivity contribution in [2.75, 3.05) is 32.8 Å². The zero-order valence-electron chi connectivity index (χ0n) is 17.1. The first-order valence-electron chi connectivity index (χ1n) is 10.2. The molecule has 1 N–H and O–H groups in total. The van der Waals surface area contributed by atoms with Crippen molar-refractivity contribution in [3.05, 3.63) is 11.8 Å². The predicted molar refractivity (Wildman–Crippen MR) is 104 cm³/mol. The molecule has 0 radical (unpaired) electrons. The van der Waals surface area contributed by atoms with E-state index < -0.39 is 0 Å². The molecule has 1 saturated carbocycles. The van der Waals surface area contributed by atoms with Crippen LogP contribution in [0, 0.1) is 17.8 Å². The first-order valence-corrected chi connectivity index (χ1v) is 10.2. The van der Waals surface area contributed by atoms with Gasteiger partial charge in [-0.05, 0) is 68.0 Å². The Bertz CT molecular complexity index is 583. The highest BCUT2D eigenvalue weighted by Crippen LogP contribution is 2.29. The van der Waals surface area contributed by atoms with Crippen LogP contribution in [0.2, 0.25) is 0 Å². The second-order valence-electron chi connectivity index (χ2n) is 7.08. The molecule has 0 spiro atoms. The van der Waals surface area contributed by atoms with Gasteiger partial charge in [0.25, 0.3) is 0 Å². The van der Waals surface area contributed by atoms with Gasteiger partial charge in [-0.15, -0.1) is 11.0 Å². The number of rotatable bonds is 11. The van der Waals surface area contributed by atoms with Crippen molar-refractivity contribution in [1.82, 2.24) is 14.7 Å². The van der Waals surface area contributed by atoms with Crippen LogP contribution in [-0.2, 0) is 27.9 Å². The van der Waals surface area contributed by atoms with Gasteiger partial charge in [0.1, 0.15) is 13.2 Å². The molecule has 2 aliphatic rings. The first kappa shape index (κ1) is 22.7. The summed E-state index contributed by atoms with van der Waals surface area (Å²) >= 11 is 0. The molecule has 8 nitrogen and oxygen atoms in total. The minimum Gasteiger partial charge on any atom is -0.475 e. The fraction of sp³-hybridized carbons (Fsp3) is 0.750. The molecule has 3 rings (SSSR count). The molecule has 158 valence electrons. The highest BCUT2D eigenvalue weighted by Gasteiger charge is 2.23. The Morgan fingerprint density at radius 2 is 2.18 bits per heavy atom. The maximum absolute atomic E-state index is 7.47. The van der Waals surface area contributed by atoms with Gasteiger partial charge in [-0.1, -0.05) is 12.8 Å². The van der Waals surface area contributed by atoms with Crippen LogP contribution in [0.15, 0.2) is 6.07 Å². The van der Waals surface area contributed by atoms with Crippen LogP contribution in [0.4, 0.5) is 0 Å². The number of fused-ring (bicyclic) bond motifs is 1. The van der Waals surface area contributed by atoms with Crippen molar-refractivity contribution < 1.29 is 25.0 Å².